The third kappa shape index (κ3) is 6.42. The van der Waals surface area contributed by atoms with Gasteiger partial charge >= 0.3 is 11.9 Å². The lowest BCUT2D eigenvalue weighted by molar-refractivity contribution is -0.146. The Morgan fingerprint density at radius 3 is 1.36 bits per heavy atom. The molecule has 25 heavy (non-hydrogen) atoms. The smallest absolute Gasteiger partial charge is 0.306 e. The van der Waals surface area contributed by atoms with Crippen molar-refractivity contribution in [3.8, 4) is 0 Å². The van der Waals surface area contributed by atoms with E-state index < -0.39 is 23.8 Å². The number of rotatable bonds is 10. The van der Waals surface area contributed by atoms with Gasteiger partial charge in [-0.1, -0.05) is 60.7 Å². The number of carboxylic acids is 2. The summed E-state index contributed by atoms with van der Waals surface area (Å²) in [4.78, 5) is 23.1. The zero-order valence-corrected chi connectivity index (χ0v) is 14.2. The van der Waals surface area contributed by atoms with Crippen molar-refractivity contribution in [2.24, 2.45) is 11.8 Å². The Morgan fingerprint density at radius 1 is 0.680 bits per heavy atom. The summed E-state index contributed by atoms with van der Waals surface area (Å²) >= 11 is 0. The fourth-order valence-corrected chi connectivity index (χ4v) is 3.00. The Labute approximate surface area is 148 Å². The van der Waals surface area contributed by atoms with Crippen molar-refractivity contribution >= 4 is 11.9 Å². The topological polar surface area (TPSA) is 74.6 Å². The van der Waals surface area contributed by atoms with Crippen LogP contribution in [0.4, 0.5) is 0 Å². The van der Waals surface area contributed by atoms with Crippen LogP contribution in [0.1, 0.15) is 30.4 Å². The number of benzene rings is 2. The third-order valence-electron chi connectivity index (χ3n) is 4.52. The highest BCUT2D eigenvalue weighted by Crippen LogP contribution is 2.23. The summed E-state index contributed by atoms with van der Waals surface area (Å²) in [6.07, 6.45) is 2.36. The SMILES string of the molecule is O=C(O)[C@H](CCc1ccccc1)C[C@@H](CCc1ccccc1)C(=O)O. The first-order valence-corrected chi connectivity index (χ1v) is 8.59. The van der Waals surface area contributed by atoms with Gasteiger partial charge in [-0.3, -0.25) is 9.59 Å². The lowest BCUT2D eigenvalue weighted by Crippen LogP contribution is -2.24. The van der Waals surface area contributed by atoms with Crippen LogP contribution in [0, 0.1) is 11.8 Å². The number of aliphatic carboxylic acids is 2. The fraction of sp³-hybridized carbons (Fsp3) is 0.333. The first kappa shape index (κ1) is 18.7. The van der Waals surface area contributed by atoms with Crippen molar-refractivity contribution in [2.45, 2.75) is 32.1 Å². The molecule has 0 aromatic heterocycles. The first-order valence-electron chi connectivity index (χ1n) is 8.59. The molecule has 0 fully saturated rings. The number of hydrogen-bond donors (Lipinski definition) is 2. The van der Waals surface area contributed by atoms with Crippen LogP contribution in [0.3, 0.4) is 0 Å². The van der Waals surface area contributed by atoms with Gasteiger partial charge in [-0.25, -0.2) is 0 Å². The van der Waals surface area contributed by atoms with Gasteiger partial charge in [-0.05, 0) is 43.2 Å². The second kappa shape index (κ2) is 9.62. The van der Waals surface area contributed by atoms with E-state index in [1.807, 2.05) is 60.7 Å². The molecule has 0 bridgehead atoms. The van der Waals surface area contributed by atoms with E-state index >= 15 is 0 Å². The maximum absolute atomic E-state index is 11.6. The Kier molecular flexibility index (Phi) is 7.20. The molecule has 4 nitrogen and oxygen atoms in total. The van der Waals surface area contributed by atoms with Gasteiger partial charge in [0.2, 0.25) is 0 Å². The minimum atomic E-state index is -0.915. The van der Waals surface area contributed by atoms with Crippen molar-refractivity contribution in [1.29, 1.82) is 0 Å². The van der Waals surface area contributed by atoms with E-state index in [-0.39, 0.29) is 6.42 Å². The summed E-state index contributed by atoms with van der Waals surface area (Å²) in [7, 11) is 0. The van der Waals surface area contributed by atoms with Crippen molar-refractivity contribution in [3.63, 3.8) is 0 Å². The Morgan fingerprint density at radius 2 is 1.04 bits per heavy atom. The molecule has 2 N–H and O–H groups in total. The van der Waals surface area contributed by atoms with Gasteiger partial charge < -0.3 is 10.2 Å². The molecule has 0 aliphatic heterocycles. The van der Waals surface area contributed by atoms with Crippen LogP contribution in [-0.2, 0) is 22.4 Å². The molecule has 0 radical (unpaired) electrons. The second-order valence-electron chi connectivity index (χ2n) is 6.35. The summed E-state index contributed by atoms with van der Waals surface area (Å²) in [6, 6.07) is 19.4. The predicted octanol–water partition coefficient (Wildman–Crippen LogP) is 4.04. The van der Waals surface area contributed by atoms with E-state index in [0.29, 0.717) is 25.7 Å². The van der Waals surface area contributed by atoms with Crippen LogP contribution in [0.25, 0.3) is 0 Å². The van der Waals surface area contributed by atoms with Gasteiger partial charge in [0.1, 0.15) is 0 Å². The Bertz CT molecular complexity index is 607. The molecule has 0 saturated heterocycles. The fourth-order valence-electron chi connectivity index (χ4n) is 3.00. The molecule has 0 aliphatic rings. The molecular formula is C21H24O4. The molecule has 2 atom stereocenters. The van der Waals surface area contributed by atoms with Crippen molar-refractivity contribution in [2.75, 3.05) is 0 Å². The minimum Gasteiger partial charge on any atom is -0.481 e. The van der Waals surface area contributed by atoms with Crippen molar-refractivity contribution in [1.82, 2.24) is 0 Å². The zero-order valence-electron chi connectivity index (χ0n) is 14.2. The van der Waals surface area contributed by atoms with E-state index in [4.69, 9.17) is 0 Å². The number of carboxylic acid groups (broad SMARTS) is 2. The van der Waals surface area contributed by atoms with Gasteiger partial charge in [-0.15, -0.1) is 0 Å². The number of carbonyl (C=O) groups is 2. The molecule has 2 aromatic rings. The molecule has 2 rings (SSSR count). The summed E-state index contributed by atoms with van der Waals surface area (Å²) in [5, 5.41) is 18.9. The maximum atomic E-state index is 11.6. The van der Waals surface area contributed by atoms with E-state index in [1.165, 1.54) is 0 Å². The summed E-state index contributed by atoms with van der Waals surface area (Å²) in [5.74, 6) is -3.11. The van der Waals surface area contributed by atoms with Gasteiger partial charge in [0, 0.05) is 0 Å². The number of aryl methyl sites for hydroxylation is 2. The van der Waals surface area contributed by atoms with E-state index in [2.05, 4.69) is 0 Å². The number of hydrogen-bond acceptors (Lipinski definition) is 2. The lowest BCUT2D eigenvalue weighted by atomic mass is 9.86. The minimum absolute atomic E-state index is 0.171. The van der Waals surface area contributed by atoms with Crippen LogP contribution in [0.15, 0.2) is 60.7 Å². The van der Waals surface area contributed by atoms with Gasteiger partial charge in [0.15, 0.2) is 0 Å². The molecule has 132 valence electrons. The van der Waals surface area contributed by atoms with E-state index in [0.717, 1.165) is 11.1 Å². The molecule has 0 amide bonds. The van der Waals surface area contributed by atoms with Gasteiger partial charge in [0.25, 0.3) is 0 Å². The first-order chi connectivity index (χ1) is 12.1. The predicted molar refractivity (Wildman–Crippen MR) is 96.4 cm³/mol. The Hall–Kier alpha value is -2.62. The molecule has 0 heterocycles. The van der Waals surface area contributed by atoms with Crippen LogP contribution in [0.5, 0.6) is 0 Å². The summed E-state index contributed by atoms with van der Waals surface area (Å²) in [6.45, 7) is 0. The average molecular weight is 340 g/mol. The lowest BCUT2D eigenvalue weighted by Gasteiger charge is -2.18. The van der Waals surface area contributed by atoms with Crippen LogP contribution in [-0.4, -0.2) is 22.2 Å². The monoisotopic (exact) mass is 340 g/mol. The quantitative estimate of drug-likeness (QED) is 0.684. The zero-order chi connectivity index (χ0) is 18.1. The molecular weight excluding hydrogens is 316 g/mol. The van der Waals surface area contributed by atoms with E-state index in [9.17, 15) is 19.8 Å². The molecule has 0 unspecified atom stereocenters. The highest BCUT2D eigenvalue weighted by atomic mass is 16.4. The molecule has 4 heteroatoms. The highest BCUT2D eigenvalue weighted by molar-refractivity contribution is 5.73. The highest BCUT2D eigenvalue weighted by Gasteiger charge is 2.26. The van der Waals surface area contributed by atoms with Crippen LogP contribution >= 0.6 is 0 Å². The normalized spacial score (nSPS) is 13.1. The third-order valence-corrected chi connectivity index (χ3v) is 4.52. The average Bonchev–Trinajstić information content (AvgIpc) is 2.62. The van der Waals surface area contributed by atoms with Crippen molar-refractivity contribution < 1.29 is 19.8 Å². The van der Waals surface area contributed by atoms with Crippen LogP contribution in [0.2, 0.25) is 0 Å². The second-order valence-corrected chi connectivity index (χ2v) is 6.35. The molecule has 0 spiro atoms. The molecule has 0 aliphatic carbocycles. The Balaban J connectivity index is 1.93. The standard InChI is InChI=1S/C21H24O4/c22-20(23)18(13-11-16-7-3-1-4-8-16)15-19(21(24)25)14-12-17-9-5-2-6-10-17/h1-10,18-19H,11-15H2,(H,22,23)(H,24,25)/t18-,19-/m1/s1. The maximum Gasteiger partial charge on any atom is 0.306 e. The van der Waals surface area contributed by atoms with Crippen LogP contribution < -0.4 is 0 Å². The largest absolute Gasteiger partial charge is 0.481 e. The summed E-state index contributed by atoms with van der Waals surface area (Å²) in [5.41, 5.74) is 2.15. The van der Waals surface area contributed by atoms with Gasteiger partial charge in [-0.2, -0.15) is 0 Å². The van der Waals surface area contributed by atoms with Gasteiger partial charge in [0.05, 0.1) is 11.8 Å². The van der Waals surface area contributed by atoms with Crippen molar-refractivity contribution in [3.05, 3.63) is 71.8 Å². The molecule has 0 saturated carbocycles. The van der Waals surface area contributed by atoms with E-state index in [1.54, 1.807) is 0 Å². The molecule has 2 aromatic carbocycles. The summed E-state index contributed by atoms with van der Waals surface area (Å²) < 4.78 is 0.